The van der Waals surface area contributed by atoms with Crippen LogP contribution in [-0.2, 0) is 32.7 Å². The molecule has 3 heteroatoms. The Morgan fingerprint density at radius 1 is 1.20 bits per heavy atom. The van der Waals surface area contributed by atoms with E-state index in [-0.39, 0.29) is 32.7 Å². The number of hydrogen-bond donors (Lipinski definition) is 0. The zero-order valence-electron chi connectivity index (χ0n) is 12.4. The molecule has 0 spiro atoms. The number of allylic oxidation sites excluding steroid dienone is 3. The topological polar surface area (TPSA) is 12.5 Å². The molecule has 0 bridgehead atoms. The summed E-state index contributed by atoms with van der Waals surface area (Å²) < 4.78 is 5.47. The molecule has 1 aromatic carbocycles. The molecule has 0 aromatic heterocycles. The maximum atomic E-state index is 5.47. The second-order valence-corrected chi connectivity index (χ2v) is 4.47. The predicted molar refractivity (Wildman–Crippen MR) is 79.5 cm³/mol. The molecule has 0 atom stereocenters. The van der Waals surface area contributed by atoms with Gasteiger partial charge in [-0.1, -0.05) is 24.8 Å². The SMILES string of the molecule is C=C1C(C)=C[C-]=C(c2ccc(OCC)cc2)N1CC.[Y]. The molecule has 1 heterocycles. The number of likely N-dealkylation sites (N-methyl/N-ethyl adjacent to an activating group) is 1. The first-order chi connectivity index (χ1) is 9.17. The van der Waals surface area contributed by atoms with Crippen LogP contribution in [0.15, 0.2) is 48.2 Å². The van der Waals surface area contributed by atoms with Gasteiger partial charge in [-0.15, -0.1) is 17.7 Å². The van der Waals surface area contributed by atoms with E-state index in [0.717, 1.165) is 34.8 Å². The molecule has 0 N–H and O–H groups in total. The van der Waals surface area contributed by atoms with E-state index in [1.165, 1.54) is 0 Å². The summed E-state index contributed by atoms with van der Waals surface area (Å²) in [5.41, 5.74) is 4.41. The molecule has 2 nitrogen and oxygen atoms in total. The van der Waals surface area contributed by atoms with Crippen LogP contribution in [0.25, 0.3) is 5.70 Å². The Bertz CT molecular complexity index is 528. The minimum Gasteiger partial charge on any atom is -0.494 e. The summed E-state index contributed by atoms with van der Waals surface area (Å²) in [7, 11) is 0. The normalized spacial score (nSPS) is 14.3. The third-order valence-electron chi connectivity index (χ3n) is 3.23. The van der Waals surface area contributed by atoms with Crippen LogP contribution >= 0.6 is 0 Å². The number of hydrogen-bond acceptors (Lipinski definition) is 2. The average molecular weight is 343 g/mol. The Hall–Kier alpha value is -0.856. The van der Waals surface area contributed by atoms with E-state index in [1.54, 1.807) is 0 Å². The molecular weight excluding hydrogens is 323 g/mol. The van der Waals surface area contributed by atoms with Gasteiger partial charge in [-0.25, -0.2) is 0 Å². The molecular formula is C17H20NOY-. The maximum Gasteiger partial charge on any atom is 0.117 e. The molecule has 20 heavy (non-hydrogen) atoms. The molecule has 0 aliphatic carbocycles. The van der Waals surface area contributed by atoms with Gasteiger partial charge in [0.2, 0.25) is 0 Å². The Morgan fingerprint density at radius 3 is 2.40 bits per heavy atom. The summed E-state index contributed by atoms with van der Waals surface area (Å²) in [6.07, 6.45) is 5.35. The van der Waals surface area contributed by atoms with Crippen molar-refractivity contribution in [2.45, 2.75) is 20.8 Å². The summed E-state index contributed by atoms with van der Waals surface area (Å²) in [5.74, 6) is 0.899. The van der Waals surface area contributed by atoms with Crippen LogP contribution in [0.5, 0.6) is 5.75 Å². The summed E-state index contributed by atoms with van der Waals surface area (Å²) in [6.45, 7) is 11.9. The number of benzene rings is 1. The molecule has 0 amide bonds. The summed E-state index contributed by atoms with van der Waals surface area (Å²) in [6, 6.07) is 8.13. The Morgan fingerprint density at radius 2 is 1.85 bits per heavy atom. The van der Waals surface area contributed by atoms with Crippen LogP contribution in [0.1, 0.15) is 26.3 Å². The van der Waals surface area contributed by atoms with Crippen LogP contribution in [0.3, 0.4) is 0 Å². The Labute approximate surface area is 147 Å². The maximum absolute atomic E-state index is 5.47. The van der Waals surface area contributed by atoms with Crippen molar-refractivity contribution in [3.05, 3.63) is 59.8 Å². The van der Waals surface area contributed by atoms with E-state index in [0.29, 0.717) is 6.61 Å². The van der Waals surface area contributed by atoms with Crippen LogP contribution < -0.4 is 4.74 Å². The minimum atomic E-state index is 0. The first-order valence-electron chi connectivity index (χ1n) is 6.67. The quantitative estimate of drug-likeness (QED) is 0.766. The van der Waals surface area contributed by atoms with E-state index < -0.39 is 0 Å². The van der Waals surface area contributed by atoms with Gasteiger partial charge in [-0.05, 0) is 31.7 Å². The van der Waals surface area contributed by atoms with Gasteiger partial charge in [0.1, 0.15) is 5.75 Å². The number of ether oxygens (including phenoxy) is 1. The second-order valence-electron chi connectivity index (χ2n) is 4.47. The van der Waals surface area contributed by atoms with E-state index >= 15 is 0 Å². The molecule has 0 unspecified atom stereocenters. The van der Waals surface area contributed by atoms with Gasteiger partial charge in [0.05, 0.1) is 6.61 Å². The molecule has 2 rings (SSSR count). The van der Waals surface area contributed by atoms with Crippen molar-refractivity contribution in [1.29, 1.82) is 0 Å². The summed E-state index contributed by atoms with van der Waals surface area (Å²) in [5, 5.41) is 0. The molecule has 1 aromatic rings. The smallest absolute Gasteiger partial charge is 0.117 e. The zero-order valence-corrected chi connectivity index (χ0v) is 15.3. The molecule has 0 saturated carbocycles. The molecule has 1 radical (unpaired) electrons. The van der Waals surface area contributed by atoms with Crippen molar-refractivity contribution in [2.75, 3.05) is 13.2 Å². The van der Waals surface area contributed by atoms with Crippen molar-refractivity contribution in [3.63, 3.8) is 0 Å². The van der Waals surface area contributed by atoms with Gasteiger partial charge in [-0.2, -0.15) is 12.2 Å². The molecule has 0 fully saturated rings. The largest absolute Gasteiger partial charge is 0.494 e. The predicted octanol–water partition coefficient (Wildman–Crippen LogP) is 4.02. The molecule has 103 valence electrons. The van der Waals surface area contributed by atoms with Gasteiger partial charge in [-0.3, -0.25) is 0 Å². The van der Waals surface area contributed by atoms with Crippen LogP contribution in [-0.4, -0.2) is 18.1 Å². The van der Waals surface area contributed by atoms with Gasteiger partial charge >= 0.3 is 0 Å². The van der Waals surface area contributed by atoms with E-state index in [2.05, 4.69) is 43.5 Å². The molecule has 1 aliphatic rings. The van der Waals surface area contributed by atoms with Crippen molar-refractivity contribution in [3.8, 4) is 5.75 Å². The average Bonchev–Trinajstić information content (AvgIpc) is 2.43. The monoisotopic (exact) mass is 343 g/mol. The van der Waals surface area contributed by atoms with Crippen LogP contribution in [0.2, 0.25) is 0 Å². The van der Waals surface area contributed by atoms with E-state index in [4.69, 9.17) is 4.74 Å². The minimum absolute atomic E-state index is 0. The van der Waals surface area contributed by atoms with Crippen LogP contribution in [0.4, 0.5) is 0 Å². The van der Waals surface area contributed by atoms with Crippen molar-refractivity contribution in [1.82, 2.24) is 4.90 Å². The van der Waals surface area contributed by atoms with Gasteiger partial charge in [0.25, 0.3) is 0 Å². The fourth-order valence-electron chi connectivity index (χ4n) is 2.15. The summed E-state index contributed by atoms with van der Waals surface area (Å²) in [4.78, 5) is 2.19. The van der Waals surface area contributed by atoms with Gasteiger partial charge in [0, 0.05) is 39.3 Å². The molecule has 0 saturated heterocycles. The summed E-state index contributed by atoms with van der Waals surface area (Å²) >= 11 is 0. The fraction of sp³-hybridized carbons (Fsp3) is 0.294. The third kappa shape index (κ3) is 3.62. The van der Waals surface area contributed by atoms with E-state index in [1.807, 2.05) is 25.1 Å². The molecule has 1 aliphatic heterocycles. The van der Waals surface area contributed by atoms with Gasteiger partial charge < -0.3 is 9.64 Å². The number of nitrogens with zero attached hydrogens (tertiary/aromatic N) is 1. The second kappa shape index (κ2) is 7.80. The third-order valence-corrected chi connectivity index (χ3v) is 3.23. The van der Waals surface area contributed by atoms with Gasteiger partial charge in [0.15, 0.2) is 0 Å². The zero-order chi connectivity index (χ0) is 13.8. The number of rotatable bonds is 4. The fourth-order valence-corrected chi connectivity index (χ4v) is 2.15. The standard InChI is InChI=1S/C17H20NO.Y/c1-5-18-14(4)13(3)7-12-17(18)15-8-10-16(11-9-15)19-6-2;/h7-11H,4-6H2,1-3H3;/q-1;. The van der Waals surface area contributed by atoms with Crippen molar-refractivity contribution >= 4 is 5.70 Å². The Balaban J connectivity index is 0.00000200. The first kappa shape index (κ1) is 17.2. The van der Waals surface area contributed by atoms with Crippen molar-refractivity contribution < 1.29 is 37.4 Å². The van der Waals surface area contributed by atoms with Crippen LogP contribution in [0, 0.1) is 6.08 Å². The Kier molecular flexibility index (Phi) is 6.71. The first-order valence-corrected chi connectivity index (χ1v) is 6.67. The van der Waals surface area contributed by atoms with E-state index in [9.17, 15) is 0 Å². The van der Waals surface area contributed by atoms with Crippen molar-refractivity contribution in [2.24, 2.45) is 0 Å².